The summed E-state index contributed by atoms with van der Waals surface area (Å²) < 4.78 is 27.5. The van der Waals surface area contributed by atoms with Crippen molar-refractivity contribution in [3.63, 3.8) is 0 Å². The standard InChI is InChI=1S/C20H25N3O3S/c1-21-14-16-6-5-13-23(15-16)20(24)17-9-11-19(12-10-17)27(25,26)22-18-7-3-2-4-8-18/h2-4,7-12,16,21-22H,5-6,13-15H2,1H3. The molecule has 2 aromatic rings. The first kappa shape index (κ1) is 19.4. The van der Waals surface area contributed by atoms with Crippen LogP contribution >= 0.6 is 0 Å². The summed E-state index contributed by atoms with van der Waals surface area (Å²) in [6.45, 7) is 2.37. The van der Waals surface area contributed by atoms with Crippen LogP contribution in [0.25, 0.3) is 0 Å². The van der Waals surface area contributed by atoms with Crippen molar-refractivity contribution in [3.05, 3.63) is 60.2 Å². The number of rotatable bonds is 6. The second-order valence-corrected chi connectivity index (χ2v) is 8.50. The molecule has 1 heterocycles. The number of anilines is 1. The van der Waals surface area contributed by atoms with Crippen molar-refractivity contribution in [2.24, 2.45) is 5.92 Å². The zero-order chi connectivity index (χ0) is 19.3. The molecular weight excluding hydrogens is 362 g/mol. The lowest BCUT2D eigenvalue weighted by molar-refractivity contribution is 0.0674. The van der Waals surface area contributed by atoms with E-state index >= 15 is 0 Å². The van der Waals surface area contributed by atoms with Gasteiger partial charge in [0.15, 0.2) is 0 Å². The van der Waals surface area contributed by atoms with E-state index in [1.807, 2.05) is 18.0 Å². The van der Waals surface area contributed by atoms with Crippen molar-refractivity contribution in [2.75, 3.05) is 31.4 Å². The highest BCUT2D eigenvalue weighted by molar-refractivity contribution is 7.92. The van der Waals surface area contributed by atoms with E-state index in [2.05, 4.69) is 10.0 Å². The summed E-state index contributed by atoms with van der Waals surface area (Å²) in [4.78, 5) is 14.7. The average molecular weight is 388 g/mol. The van der Waals surface area contributed by atoms with E-state index in [0.29, 0.717) is 17.2 Å². The lowest BCUT2D eigenvalue weighted by atomic mass is 9.97. The Morgan fingerprint density at radius 1 is 1.11 bits per heavy atom. The molecule has 1 atom stereocenters. The van der Waals surface area contributed by atoms with Gasteiger partial charge in [-0.3, -0.25) is 9.52 Å². The number of piperidine rings is 1. The fraction of sp³-hybridized carbons (Fsp3) is 0.350. The third-order valence-electron chi connectivity index (χ3n) is 4.74. The summed E-state index contributed by atoms with van der Waals surface area (Å²) in [6.07, 6.45) is 2.11. The molecule has 7 heteroatoms. The summed E-state index contributed by atoms with van der Waals surface area (Å²) >= 11 is 0. The fourth-order valence-corrected chi connectivity index (χ4v) is 4.44. The van der Waals surface area contributed by atoms with Gasteiger partial charge in [0, 0.05) is 24.3 Å². The summed E-state index contributed by atoms with van der Waals surface area (Å²) in [6, 6.07) is 14.9. The van der Waals surface area contributed by atoms with Crippen molar-refractivity contribution in [2.45, 2.75) is 17.7 Å². The van der Waals surface area contributed by atoms with Gasteiger partial charge in [-0.25, -0.2) is 8.42 Å². The quantitative estimate of drug-likeness (QED) is 0.799. The number of nitrogens with one attached hydrogen (secondary N) is 2. The Labute approximate surface area is 160 Å². The number of likely N-dealkylation sites (tertiary alicyclic amines) is 1. The first-order valence-corrected chi connectivity index (χ1v) is 10.6. The Hall–Kier alpha value is -2.38. The SMILES string of the molecule is CNCC1CCCN(C(=O)c2ccc(S(=O)(=O)Nc3ccccc3)cc2)C1. The number of benzene rings is 2. The molecule has 2 N–H and O–H groups in total. The molecule has 3 rings (SSSR count). The number of carbonyl (C=O) groups is 1. The summed E-state index contributed by atoms with van der Waals surface area (Å²) in [5, 5.41) is 3.17. The third-order valence-corrected chi connectivity index (χ3v) is 6.13. The van der Waals surface area contributed by atoms with E-state index in [0.717, 1.165) is 32.5 Å². The number of nitrogens with zero attached hydrogens (tertiary/aromatic N) is 1. The third kappa shape index (κ3) is 4.87. The largest absolute Gasteiger partial charge is 0.338 e. The van der Waals surface area contributed by atoms with Crippen LogP contribution < -0.4 is 10.0 Å². The molecule has 0 saturated carbocycles. The Morgan fingerprint density at radius 3 is 2.48 bits per heavy atom. The number of carbonyl (C=O) groups excluding carboxylic acids is 1. The van der Waals surface area contributed by atoms with Crippen LogP contribution in [-0.2, 0) is 10.0 Å². The minimum atomic E-state index is -3.68. The Kier molecular flexibility index (Phi) is 6.13. The summed E-state index contributed by atoms with van der Waals surface area (Å²) in [7, 11) is -1.76. The van der Waals surface area contributed by atoms with E-state index in [9.17, 15) is 13.2 Å². The Bertz CT molecular complexity index is 865. The molecule has 0 aromatic heterocycles. The van der Waals surface area contributed by atoms with E-state index in [1.165, 1.54) is 12.1 Å². The van der Waals surface area contributed by atoms with Crippen LogP contribution in [0.1, 0.15) is 23.2 Å². The molecule has 1 unspecified atom stereocenters. The van der Waals surface area contributed by atoms with Gasteiger partial charge in [-0.05, 0) is 68.8 Å². The highest BCUT2D eigenvalue weighted by Gasteiger charge is 2.24. The van der Waals surface area contributed by atoms with E-state index in [1.54, 1.807) is 36.4 Å². The van der Waals surface area contributed by atoms with Crippen LogP contribution in [0.4, 0.5) is 5.69 Å². The second-order valence-electron chi connectivity index (χ2n) is 6.81. The van der Waals surface area contributed by atoms with E-state index in [-0.39, 0.29) is 10.8 Å². The molecule has 0 bridgehead atoms. The molecule has 1 aliphatic heterocycles. The molecule has 1 amide bonds. The molecule has 2 aromatic carbocycles. The number of sulfonamides is 1. The van der Waals surface area contributed by atoms with Gasteiger partial charge in [0.25, 0.3) is 15.9 Å². The van der Waals surface area contributed by atoms with Gasteiger partial charge in [-0.1, -0.05) is 18.2 Å². The summed E-state index contributed by atoms with van der Waals surface area (Å²) in [5.74, 6) is 0.415. The number of hydrogen-bond donors (Lipinski definition) is 2. The van der Waals surface area contributed by atoms with Crippen LogP contribution in [-0.4, -0.2) is 45.9 Å². The lowest BCUT2D eigenvalue weighted by Gasteiger charge is -2.32. The molecule has 144 valence electrons. The average Bonchev–Trinajstić information content (AvgIpc) is 2.68. The Balaban J connectivity index is 1.70. The van der Waals surface area contributed by atoms with Gasteiger partial charge in [0.05, 0.1) is 4.90 Å². The fourth-order valence-electron chi connectivity index (χ4n) is 3.38. The van der Waals surface area contributed by atoms with Gasteiger partial charge in [-0.2, -0.15) is 0 Å². The smallest absolute Gasteiger partial charge is 0.261 e. The minimum Gasteiger partial charge on any atom is -0.338 e. The van der Waals surface area contributed by atoms with Crippen LogP contribution in [0, 0.1) is 5.92 Å². The highest BCUT2D eigenvalue weighted by Crippen LogP contribution is 2.20. The van der Waals surface area contributed by atoms with Gasteiger partial charge < -0.3 is 10.2 Å². The van der Waals surface area contributed by atoms with Crippen LogP contribution in [0.2, 0.25) is 0 Å². The molecule has 0 radical (unpaired) electrons. The van der Waals surface area contributed by atoms with Crippen LogP contribution in [0.3, 0.4) is 0 Å². The summed E-state index contributed by atoms with van der Waals surface area (Å²) in [5.41, 5.74) is 1.01. The molecular formula is C20H25N3O3S. The van der Waals surface area contributed by atoms with E-state index in [4.69, 9.17) is 0 Å². The maximum absolute atomic E-state index is 12.7. The van der Waals surface area contributed by atoms with Gasteiger partial charge in [0.1, 0.15) is 0 Å². The zero-order valence-corrected chi connectivity index (χ0v) is 16.2. The zero-order valence-electron chi connectivity index (χ0n) is 15.4. The van der Waals surface area contributed by atoms with Crippen molar-refractivity contribution >= 4 is 21.6 Å². The van der Waals surface area contributed by atoms with Gasteiger partial charge >= 0.3 is 0 Å². The number of hydrogen-bond acceptors (Lipinski definition) is 4. The maximum Gasteiger partial charge on any atom is 0.261 e. The normalized spacial score (nSPS) is 17.5. The predicted molar refractivity (Wildman–Crippen MR) is 106 cm³/mol. The first-order chi connectivity index (χ1) is 13.0. The van der Waals surface area contributed by atoms with Crippen molar-refractivity contribution < 1.29 is 13.2 Å². The predicted octanol–water partition coefficient (Wildman–Crippen LogP) is 2.56. The lowest BCUT2D eigenvalue weighted by Crippen LogP contribution is -2.42. The van der Waals surface area contributed by atoms with Gasteiger partial charge in [0.2, 0.25) is 0 Å². The van der Waals surface area contributed by atoms with Crippen LogP contribution in [0.15, 0.2) is 59.5 Å². The van der Waals surface area contributed by atoms with Crippen molar-refractivity contribution in [1.29, 1.82) is 0 Å². The molecule has 0 spiro atoms. The van der Waals surface area contributed by atoms with Gasteiger partial charge in [-0.15, -0.1) is 0 Å². The number of para-hydroxylation sites is 1. The first-order valence-electron chi connectivity index (χ1n) is 9.11. The topological polar surface area (TPSA) is 78.5 Å². The van der Waals surface area contributed by atoms with Crippen molar-refractivity contribution in [1.82, 2.24) is 10.2 Å². The second kappa shape index (κ2) is 8.54. The van der Waals surface area contributed by atoms with Crippen LogP contribution in [0.5, 0.6) is 0 Å². The number of amides is 1. The van der Waals surface area contributed by atoms with Crippen molar-refractivity contribution in [3.8, 4) is 0 Å². The molecule has 1 fully saturated rings. The molecule has 27 heavy (non-hydrogen) atoms. The Morgan fingerprint density at radius 2 is 1.81 bits per heavy atom. The maximum atomic E-state index is 12.7. The molecule has 0 aliphatic carbocycles. The molecule has 6 nitrogen and oxygen atoms in total. The molecule has 1 saturated heterocycles. The highest BCUT2D eigenvalue weighted by atomic mass is 32.2. The van der Waals surface area contributed by atoms with E-state index < -0.39 is 10.0 Å². The monoisotopic (exact) mass is 387 g/mol. The molecule has 1 aliphatic rings. The minimum absolute atomic E-state index is 0.0456.